The molecule has 0 fully saturated rings. The maximum Gasteiger partial charge on any atom is 0.409 e. The number of carbonyl (C=O) groups is 1. The molecule has 1 heterocycles. The number of nitrogens with one attached hydrogen (secondary N) is 1. The monoisotopic (exact) mass is 281 g/mol. The molecular formula is C13H12ClNO4. The van der Waals surface area contributed by atoms with Crippen molar-refractivity contribution in [2.75, 3.05) is 11.2 Å². The summed E-state index contributed by atoms with van der Waals surface area (Å²) >= 11 is 5.66. The number of anilines is 1. The van der Waals surface area contributed by atoms with Gasteiger partial charge >= 0.3 is 11.7 Å². The van der Waals surface area contributed by atoms with E-state index in [2.05, 4.69) is 5.32 Å². The normalized spacial score (nSPS) is 10.6. The fourth-order valence-electron chi connectivity index (χ4n) is 1.98. The second-order valence-electron chi connectivity index (χ2n) is 4.07. The zero-order chi connectivity index (χ0) is 14.0. The molecule has 6 heteroatoms. The largest absolute Gasteiger partial charge is 0.465 e. The van der Waals surface area contributed by atoms with Gasteiger partial charge < -0.3 is 9.52 Å². The number of amides is 1. The molecule has 0 radical (unpaired) electrons. The highest BCUT2D eigenvalue weighted by atomic mass is 35.5. The van der Waals surface area contributed by atoms with Crippen LogP contribution in [0, 0.1) is 6.92 Å². The Morgan fingerprint density at radius 2 is 2.21 bits per heavy atom. The van der Waals surface area contributed by atoms with E-state index in [4.69, 9.17) is 21.1 Å². The quantitative estimate of drug-likeness (QED) is 0.669. The summed E-state index contributed by atoms with van der Waals surface area (Å²) in [5.41, 5.74) is 1.65. The molecule has 19 heavy (non-hydrogen) atoms. The van der Waals surface area contributed by atoms with Gasteiger partial charge in [0.25, 0.3) is 0 Å². The van der Waals surface area contributed by atoms with Crippen LogP contribution < -0.4 is 10.9 Å². The van der Waals surface area contributed by atoms with Crippen molar-refractivity contribution in [3.05, 3.63) is 39.7 Å². The molecule has 0 unspecified atom stereocenters. The van der Waals surface area contributed by atoms with Gasteiger partial charge in [-0.2, -0.15) is 0 Å². The Morgan fingerprint density at radius 3 is 2.84 bits per heavy atom. The highest BCUT2D eigenvalue weighted by Gasteiger charge is 2.11. The number of hydrogen-bond donors (Lipinski definition) is 2. The Morgan fingerprint density at radius 1 is 1.47 bits per heavy atom. The maximum absolute atomic E-state index is 11.8. The average Bonchev–Trinajstić information content (AvgIpc) is 2.33. The van der Waals surface area contributed by atoms with Gasteiger partial charge in [0.2, 0.25) is 0 Å². The first-order valence-electron chi connectivity index (χ1n) is 5.65. The van der Waals surface area contributed by atoms with Crippen LogP contribution in [0.25, 0.3) is 11.0 Å². The van der Waals surface area contributed by atoms with Crippen molar-refractivity contribution in [3.8, 4) is 0 Å². The standard InChI is InChI=1S/C13H12ClNO4/c1-7-9-3-2-8(15-13(17)18)6-11(9)19-12(16)10(7)4-5-14/h2-3,6,15H,4-5H2,1H3,(H,17,18). The minimum Gasteiger partial charge on any atom is -0.465 e. The third-order valence-corrected chi connectivity index (χ3v) is 3.07. The van der Waals surface area contributed by atoms with Crippen molar-refractivity contribution in [2.24, 2.45) is 0 Å². The lowest BCUT2D eigenvalue weighted by Gasteiger charge is -2.08. The third kappa shape index (κ3) is 2.71. The van der Waals surface area contributed by atoms with Crippen LogP contribution in [0.1, 0.15) is 11.1 Å². The van der Waals surface area contributed by atoms with Crippen LogP contribution in [0.2, 0.25) is 0 Å². The molecule has 0 aliphatic carbocycles. The highest BCUT2D eigenvalue weighted by molar-refractivity contribution is 6.18. The Labute approximate surface area is 113 Å². The fraction of sp³-hybridized carbons (Fsp3) is 0.231. The first kappa shape index (κ1) is 13.4. The van der Waals surface area contributed by atoms with Crippen LogP contribution in [0.3, 0.4) is 0 Å². The van der Waals surface area contributed by atoms with E-state index in [1.807, 2.05) is 6.92 Å². The number of hydrogen-bond acceptors (Lipinski definition) is 3. The summed E-state index contributed by atoms with van der Waals surface area (Å²) in [7, 11) is 0. The van der Waals surface area contributed by atoms with Crippen LogP contribution in [0.15, 0.2) is 27.4 Å². The second-order valence-corrected chi connectivity index (χ2v) is 4.45. The molecule has 2 N–H and O–H groups in total. The zero-order valence-electron chi connectivity index (χ0n) is 10.2. The van der Waals surface area contributed by atoms with Crippen LogP contribution in [0.5, 0.6) is 0 Å². The lowest BCUT2D eigenvalue weighted by molar-refractivity contribution is 0.210. The SMILES string of the molecule is Cc1c(CCCl)c(=O)oc2cc(NC(=O)O)ccc12. The van der Waals surface area contributed by atoms with Gasteiger partial charge in [0.05, 0.1) is 0 Å². The van der Waals surface area contributed by atoms with E-state index in [-0.39, 0.29) is 0 Å². The van der Waals surface area contributed by atoms with Crippen molar-refractivity contribution >= 4 is 34.4 Å². The van der Waals surface area contributed by atoms with Crippen LogP contribution in [-0.2, 0) is 6.42 Å². The highest BCUT2D eigenvalue weighted by Crippen LogP contribution is 2.23. The maximum atomic E-state index is 11.8. The Kier molecular flexibility index (Phi) is 3.76. The zero-order valence-corrected chi connectivity index (χ0v) is 11.0. The molecule has 1 aromatic carbocycles. The number of fused-ring (bicyclic) bond motifs is 1. The van der Waals surface area contributed by atoms with Gasteiger partial charge in [-0.25, -0.2) is 9.59 Å². The summed E-state index contributed by atoms with van der Waals surface area (Å²) in [5, 5.41) is 11.6. The van der Waals surface area contributed by atoms with E-state index in [1.54, 1.807) is 12.1 Å². The molecule has 0 saturated heterocycles. The number of carboxylic acid groups (broad SMARTS) is 1. The summed E-state index contributed by atoms with van der Waals surface area (Å²) in [6, 6.07) is 4.83. The minimum atomic E-state index is -1.17. The number of benzene rings is 1. The summed E-state index contributed by atoms with van der Waals surface area (Å²) in [6.45, 7) is 1.82. The summed E-state index contributed by atoms with van der Waals surface area (Å²) in [5.74, 6) is 0.343. The first-order valence-corrected chi connectivity index (χ1v) is 6.18. The number of halogens is 1. The molecule has 0 aliphatic heterocycles. The fourth-order valence-corrected chi connectivity index (χ4v) is 2.17. The van der Waals surface area contributed by atoms with Crippen molar-refractivity contribution in [2.45, 2.75) is 13.3 Å². The molecule has 1 aromatic heterocycles. The van der Waals surface area contributed by atoms with Gasteiger partial charge in [-0.3, -0.25) is 5.32 Å². The smallest absolute Gasteiger partial charge is 0.409 e. The molecule has 0 aliphatic rings. The summed E-state index contributed by atoms with van der Waals surface area (Å²) in [6.07, 6.45) is -0.724. The van der Waals surface area contributed by atoms with Gasteiger partial charge in [0, 0.05) is 28.6 Å². The first-order chi connectivity index (χ1) is 9.02. The predicted octanol–water partition coefficient (Wildman–Crippen LogP) is 2.97. The number of aryl methyl sites for hydroxylation is 1. The lowest BCUT2D eigenvalue weighted by atomic mass is 10.0. The van der Waals surface area contributed by atoms with Crippen LogP contribution in [0.4, 0.5) is 10.5 Å². The van der Waals surface area contributed by atoms with E-state index in [0.29, 0.717) is 29.1 Å². The topological polar surface area (TPSA) is 79.5 Å². The van der Waals surface area contributed by atoms with Gasteiger partial charge in [0.1, 0.15) is 5.58 Å². The molecule has 0 atom stereocenters. The Hall–Kier alpha value is -2.01. The van der Waals surface area contributed by atoms with Gasteiger partial charge in [0.15, 0.2) is 0 Å². The third-order valence-electron chi connectivity index (χ3n) is 2.88. The number of alkyl halides is 1. The summed E-state index contributed by atoms with van der Waals surface area (Å²) < 4.78 is 5.20. The lowest BCUT2D eigenvalue weighted by Crippen LogP contribution is -2.11. The molecule has 5 nitrogen and oxygen atoms in total. The molecule has 100 valence electrons. The van der Waals surface area contributed by atoms with Crippen LogP contribution >= 0.6 is 11.6 Å². The van der Waals surface area contributed by atoms with E-state index in [1.165, 1.54) is 6.07 Å². The minimum absolute atomic E-state index is 0.343. The van der Waals surface area contributed by atoms with E-state index < -0.39 is 11.7 Å². The molecular weight excluding hydrogens is 270 g/mol. The molecule has 2 rings (SSSR count). The van der Waals surface area contributed by atoms with Gasteiger partial charge in [-0.05, 0) is 31.0 Å². The molecule has 2 aromatic rings. The van der Waals surface area contributed by atoms with Crippen molar-refractivity contribution < 1.29 is 14.3 Å². The van der Waals surface area contributed by atoms with E-state index in [0.717, 1.165) is 10.9 Å². The van der Waals surface area contributed by atoms with Crippen molar-refractivity contribution in [1.29, 1.82) is 0 Å². The van der Waals surface area contributed by atoms with E-state index >= 15 is 0 Å². The number of rotatable bonds is 3. The molecule has 0 saturated carbocycles. The van der Waals surface area contributed by atoms with Gasteiger partial charge in [-0.15, -0.1) is 11.6 Å². The molecule has 0 bridgehead atoms. The van der Waals surface area contributed by atoms with Crippen molar-refractivity contribution in [1.82, 2.24) is 0 Å². The second kappa shape index (κ2) is 5.32. The Bertz CT molecular complexity index is 693. The Balaban J connectivity index is 2.60. The van der Waals surface area contributed by atoms with Crippen LogP contribution in [-0.4, -0.2) is 17.1 Å². The average molecular weight is 282 g/mol. The van der Waals surface area contributed by atoms with Crippen molar-refractivity contribution in [3.63, 3.8) is 0 Å². The molecule has 0 spiro atoms. The molecule has 1 amide bonds. The predicted molar refractivity (Wildman–Crippen MR) is 73.3 cm³/mol. The van der Waals surface area contributed by atoms with Gasteiger partial charge in [-0.1, -0.05) is 0 Å². The van der Waals surface area contributed by atoms with E-state index in [9.17, 15) is 9.59 Å². The summed E-state index contributed by atoms with van der Waals surface area (Å²) in [4.78, 5) is 22.4.